The van der Waals surface area contributed by atoms with Gasteiger partial charge < -0.3 is 4.90 Å². The first-order chi connectivity index (χ1) is 10.2. The highest BCUT2D eigenvalue weighted by molar-refractivity contribution is 5.85. The number of carbonyl (C=O) groups excluding carboxylic acids is 1. The smallest absolute Gasteiger partial charge is 0.241 e. The van der Waals surface area contributed by atoms with Crippen LogP contribution < -0.4 is 5.32 Å². The van der Waals surface area contributed by atoms with Gasteiger partial charge in [-0.1, -0.05) is 38.0 Å². The van der Waals surface area contributed by atoms with Crippen LogP contribution in [0.4, 0.5) is 4.39 Å². The average Bonchev–Trinajstić information content (AvgIpc) is 2.73. The number of hydrogen-bond donors (Lipinski definition) is 1. The molecule has 1 N–H and O–H groups in total. The van der Waals surface area contributed by atoms with Crippen LogP contribution in [0.5, 0.6) is 0 Å². The van der Waals surface area contributed by atoms with Crippen LogP contribution in [0.3, 0.4) is 0 Å². The summed E-state index contributed by atoms with van der Waals surface area (Å²) in [4.78, 5) is 14.6. The highest BCUT2D eigenvalue weighted by Crippen LogP contribution is 2.36. The summed E-state index contributed by atoms with van der Waals surface area (Å²) in [7, 11) is 0. The molecule has 0 radical (unpaired) electrons. The zero-order valence-corrected chi connectivity index (χ0v) is 12.5. The molecule has 1 aliphatic carbocycles. The van der Waals surface area contributed by atoms with Crippen molar-refractivity contribution in [2.24, 2.45) is 0 Å². The van der Waals surface area contributed by atoms with Crippen molar-refractivity contribution in [3.05, 3.63) is 35.6 Å². The fraction of sp³-hybridized carbons (Fsp3) is 0.588. The van der Waals surface area contributed by atoms with Gasteiger partial charge >= 0.3 is 0 Å². The second-order valence-electron chi connectivity index (χ2n) is 6.12. The van der Waals surface area contributed by atoms with Gasteiger partial charge in [-0.2, -0.15) is 0 Å². The summed E-state index contributed by atoms with van der Waals surface area (Å²) in [5, 5.41) is 3.37. The Morgan fingerprint density at radius 3 is 2.71 bits per heavy atom. The molecule has 0 bridgehead atoms. The van der Waals surface area contributed by atoms with E-state index >= 15 is 0 Å². The predicted molar refractivity (Wildman–Crippen MR) is 80.1 cm³/mol. The van der Waals surface area contributed by atoms with Crippen LogP contribution in [-0.2, 0) is 4.79 Å². The van der Waals surface area contributed by atoms with Gasteiger partial charge in [0, 0.05) is 11.6 Å². The molecule has 1 aromatic rings. The normalized spacial score (nSPS) is 26.2. The Kier molecular flexibility index (Phi) is 4.24. The van der Waals surface area contributed by atoms with Gasteiger partial charge in [-0.15, -0.1) is 0 Å². The van der Waals surface area contributed by atoms with E-state index in [-0.39, 0.29) is 30.0 Å². The number of amides is 1. The van der Waals surface area contributed by atoms with E-state index in [9.17, 15) is 9.18 Å². The largest absolute Gasteiger partial charge is 0.318 e. The Hall–Kier alpha value is -1.42. The van der Waals surface area contributed by atoms with Gasteiger partial charge in [-0.05, 0) is 31.7 Å². The van der Waals surface area contributed by atoms with Gasteiger partial charge in [0.05, 0.1) is 6.04 Å². The Morgan fingerprint density at radius 1 is 1.33 bits per heavy atom. The second kappa shape index (κ2) is 6.14. The minimum atomic E-state index is -0.300. The molecule has 1 saturated heterocycles. The van der Waals surface area contributed by atoms with Crippen LogP contribution in [-0.4, -0.2) is 22.9 Å². The van der Waals surface area contributed by atoms with E-state index in [4.69, 9.17) is 0 Å². The number of unbranched alkanes of at least 4 members (excludes halogenated alkanes) is 1. The molecule has 1 aromatic carbocycles. The molecule has 0 spiro atoms. The summed E-state index contributed by atoms with van der Waals surface area (Å²) in [6.07, 6.45) is 5.87. The van der Waals surface area contributed by atoms with Crippen molar-refractivity contribution in [3.63, 3.8) is 0 Å². The number of rotatable bonds is 5. The summed E-state index contributed by atoms with van der Waals surface area (Å²) in [5.74, 6) is -0.0790. The Bertz CT molecular complexity index is 515. The number of halogens is 1. The summed E-state index contributed by atoms with van der Waals surface area (Å²) in [6.45, 7) is 2.12. The van der Waals surface area contributed by atoms with Gasteiger partial charge in [0.1, 0.15) is 12.0 Å². The quantitative estimate of drug-likeness (QED) is 0.901. The molecule has 2 atom stereocenters. The molecule has 114 valence electrons. The van der Waals surface area contributed by atoms with Crippen molar-refractivity contribution in [3.8, 4) is 0 Å². The highest BCUT2D eigenvalue weighted by Gasteiger charge is 2.44. The van der Waals surface area contributed by atoms with Crippen LogP contribution in [0.2, 0.25) is 0 Å². The summed E-state index contributed by atoms with van der Waals surface area (Å²) >= 11 is 0. The third-order valence-electron chi connectivity index (χ3n) is 4.70. The Balaban J connectivity index is 1.86. The maximum Gasteiger partial charge on any atom is 0.241 e. The minimum Gasteiger partial charge on any atom is -0.318 e. The van der Waals surface area contributed by atoms with E-state index < -0.39 is 0 Å². The Labute approximate surface area is 125 Å². The number of nitrogens with zero attached hydrogens (tertiary/aromatic N) is 1. The molecule has 0 aromatic heterocycles. The molecule has 1 heterocycles. The van der Waals surface area contributed by atoms with Crippen molar-refractivity contribution in [1.29, 1.82) is 0 Å². The van der Waals surface area contributed by atoms with E-state index in [1.54, 1.807) is 12.1 Å². The predicted octanol–water partition coefficient (Wildman–Crippen LogP) is 3.37. The van der Waals surface area contributed by atoms with E-state index in [2.05, 4.69) is 12.2 Å². The third-order valence-corrected chi connectivity index (χ3v) is 4.70. The molecule has 21 heavy (non-hydrogen) atoms. The monoisotopic (exact) mass is 290 g/mol. The van der Waals surface area contributed by atoms with Gasteiger partial charge in [0.15, 0.2) is 0 Å². The molecular weight excluding hydrogens is 267 g/mol. The maximum absolute atomic E-state index is 14.1. The van der Waals surface area contributed by atoms with Crippen LogP contribution in [0.25, 0.3) is 0 Å². The minimum absolute atomic E-state index is 0.154. The van der Waals surface area contributed by atoms with E-state index in [1.165, 1.54) is 6.07 Å². The van der Waals surface area contributed by atoms with E-state index in [1.807, 2.05) is 11.0 Å². The van der Waals surface area contributed by atoms with Crippen LogP contribution >= 0.6 is 0 Å². The average molecular weight is 290 g/mol. The number of carbonyl (C=O) groups is 1. The van der Waals surface area contributed by atoms with Gasteiger partial charge in [0.2, 0.25) is 5.91 Å². The summed E-state index contributed by atoms with van der Waals surface area (Å²) < 4.78 is 14.1. The first-order valence-electron chi connectivity index (χ1n) is 8.05. The molecule has 2 unspecified atom stereocenters. The molecule has 2 fully saturated rings. The lowest BCUT2D eigenvalue weighted by atomic mass is 9.90. The fourth-order valence-electron chi connectivity index (χ4n) is 3.26. The van der Waals surface area contributed by atoms with Crippen LogP contribution in [0.15, 0.2) is 24.3 Å². The Morgan fingerprint density at radius 2 is 2.10 bits per heavy atom. The first kappa shape index (κ1) is 14.5. The van der Waals surface area contributed by atoms with E-state index in [0.717, 1.165) is 38.5 Å². The number of benzene rings is 1. The van der Waals surface area contributed by atoms with Gasteiger partial charge in [-0.25, -0.2) is 4.39 Å². The summed E-state index contributed by atoms with van der Waals surface area (Å²) in [6, 6.07) is 6.91. The van der Waals surface area contributed by atoms with Crippen molar-refractivity contribution < 1.29 is 9.18 Å². The maximum atomic E-state index is 14.1. The molecule has 1 saturated carbocycles. The van der Waals surface area contributed by atoms with Crippen molar-refractivity contribution in [2.75, 3.05) is 0 Å². The third kappa shape index (κ3) is 2.69. The fourth-order valence-corrected chi connectivity index (χ4v) is 3.26. The molecule has 4 heteroatoms. The zero-order chi connectivity index (χ0) is 14.8. The number of nitrogens with one attached hydrogen (secondary N) is 1. The molecular formula is C17H23FN2O. The van der Waals surface area contributed by atoms with Crippen molar-refractivity contribution in [1.82, 2.24) is 10.2 Å². The molecule has 3 nitrogen and oxygen atoms in total. The number of hydrogen-bond acceptors (Lipinski definition) is 2. The van der Waals surface area contributed by atoms with Crippen molar-refractivity contribution in [2.45, 2.75) is 63.7 Å². The van der Waals surface area contributed by atoms with Gasteiger partial charge in [-0.3, -0.25) is 10.1 Å². The lowest BCUT2D eigenvalue weighted by molar-refractivity contribution is -0.134. The summed E-state index contributed by atoms with van der Waals surface area (Å²) in [5.41, 5.74) is 0.594. The standard InChI is InChI=1S/C17H23FN2O/c1-2-3-11-15-17(21)20(12-7-6-8-12)16(19-15)13-9-4-5-10-14(13)18/h4-5,9-10,12,15-16,19H,2-3,6-8,11H2,1H3. The first-order valence-corrected chi connectivity index (χ1v) is 8.05. The lowest BCUT2D eigenvalue weighted by Gasteiger charge is -2.38. The van der Waals surface area contributed by atoms with Crippen molar-refractivity contribution >= 4 is 5.91 Å². The van der Waals surface area contributed by atoms with Gasteiger partial charge in [0.25, 0.3) is 0 Å². The molecule has 3 rings (SSSR count). The zero-order valence-electron chi connectivity index (χ0n) is 12.5. The topological polar surface area (TPSA) is 32.3 Å². The molecule has 1 aliphatic heterocycles. The SMILES string of the molecule is CCCCC1NC(c2ccccc2F)N(C2CCC2)C1=O. The van der Waals surface area contributed by atoms with E-state index in [0.29, 0.717) is 5.56 Å². The lowest BCUT2D eigenvalue weighted by Crippen LogP contribution is -2.44. The molecule has 2 aliphatic rings. The second-order valence-corrected chi connectivity index (χ2v) is 6.12. The highest BCUT2D eigenvalue weighted by atomic mass is 19.1. The van der Waals surface area contributed by atoms with Crippen LogP contribution in [0, 0.1) is 5.82 Å². The van der Waals surface area contributed by atoms with Crippen LogP contribution in [0.1, 0.15) is 57.2 Å². The molecule has 1 amide bonds.